The fraction of sp³-hybridized carbons (Fsp3) is 0.455. The van der Waals surface area contributed by atoms with E-state index in [4.69, 9.17) is 0 Å². The molecule has 1 saturated carbocycles. The molecule has 1 aliphatic heterocycles. The van der Waals surface area contributed by atoms with Crippen molar-refractivity contribution in [3.05, 3.63) is 65.5 Å². The summed E-state index contributed by atoms with van der Waals surface area (Å²) in [6.07, 6.45) is 7.71. The van der Waals surface area contributed by atoms with Crippen LogP contribution >= 0.6 is 0 Å². The van der Waals surface area contributed by atoms with Crippen LogP contribution in [0.25, 0.3) is 0 Å². The highest BCUT2D eigenvalue weighted by atomic mass is 16.2. The van der Waals surface area contributed by atoms with E-state index in [0.717, 1.165) is 45.3 Å². The molecule has 2 aromatic rings. The number of aryl methyl sites for hydroxylation is 1. The van der Waals surface area contributed by atoms with E-state index in [-0.39, 0.29) is 11.3 Å². The lowest BCUT2D eigenvalue weighted by atomic mass is 9.92. The van der Waals surface area contributed by atoms with E-state index in [9.17, 15) is 4.79 Å². The minimum atomic E-state index is -0.264. The second kappa shape index (κ2) is 7.20. The van der Waals surface area contributed by atoms with Gasteiger partial charge >= 0.3 is 0 Å². The van der Waals surface area contributed by atoms with Gasteiger partial charge in [-0.05, 0) is 55.9 Å². The molecular formula is C22H27N3O. The Kier molecular flexibility index (Phi) is 4.77. The Morgan fingerprint density at radius 2 is 1.92 bits per heavy atom. The summed E-state index contributed by atoms with van der Waals surface area (Å²) in [7, 11) is 0. The normalized spacial score (nSPS) is 19.9. The highest BCUT2D eigenvalue weighted by Crippen LogP contribution is 2.48. The number of carbonyl (C=O) groups excluding carboxylic acids is 1. The average molecular weight is 349 g/mol. The van der Waals surface area contributed by atoms with Crippen LogP contribution in [0.1, 0.15) is 42.4 Å². The summed E-state index contributed by atoms with van der Waals surface area (Å²) >= 11 is 0. The van der Waals surface area contributed by atoms with Crippen LogP contribution in [0.15, 0.2) is 48.8 Å². The number of rotatable bonds is 5. The van der Waals surface area contributed by atoms with Crippen LogP contribution in [0, 0.1) is 6.92 Å². The molecule has 0 bridgehead atoms. The van der Waals surface area contributed by atoms with Crippen LogP contribution in [0.3, 0.4) is 0 Å². The highest BCUT2D eigenvalue weighted by Gasteiger charge is 2.51. The van der Waals surface area contributed by atoms with Gasteiger partial charge in [-0.2, -0.15) is 0 Å². The Hall–Kier alpha value is -2.20. The summed E-state index contributed by atoms with van der Waals surface area (Å²) in [5, 5.41) is 3.35. The smallest absolute Gasteiger partial charge is 0.230 e. The number of hydrogen-bond donors (Lipinski definition) is 1. The second-order valence-electron chi connectivity index (χ2n) is 7.83. The van der Waals surface area contributed by atoms with E-state index in [1.165, 1.54) is 16.7 Å². The van der Waals surface area contributed by atoms with Gasteiger partial charge in [0.15, 0.2) is 0 Å². The molecular weight excluding hydrogens is 322 g/mol. The number of nitrogens with zero attached hydrogens (tertiary/aromatic N) is 2. The monoisotopic (exact) mass is 349 g/mol. The summed E-state index contributed by atoms with van der Waals surface area (Å²) in [5.41, 5.74) is 3.45. The third-order valence-electron chi connectivity index (χ3n) is 5.83. The van der Waals surface area contributed by atoms with Crippen molar-refractivity contribution in [1.29, 1.82) is 0 Å². The molecule has 136 valence electrons. The molecule has 2 fully saturated rings. The zero-order valence-corrected chi connectivity index (χ0v) is 15.4. The van der Waals surface area contributed by atoms with Crippen LogP contribution in [-0.2, 0) is 16.8 Å². The molecule has 0 unspecified atom stereocenters. The van der Waals surface area contributed by atoms with Crippen molar-refractivity contribution in [1.82, 2.24) is 15.2 Å². The average Bonchev–Trinajstić information content (AvgIpc) is 3.46. The maximum atomic E-state index is 12.9. The molecule has 1 saturated heterocycles. The van der Waals surface area contributed by atoms with Gasteiger partial charge in [0.1, 0.15) is 0 Å². The predicted molar refractivity (Wildman–Crippen MR) is 103 cm³/mol. The van der Waals surface area contributed by atoms with Crippen LogP contribution in [0.5, 0.6) is 0 Å². The first-order valence-electron chi connectivity index (χ1n) is 9.65. The van der Waals surface area contributed by atoms with Crippen molar-refractivity contribution < 1.29 is 4.79 Å². The number of piperidine rings is 1. The minimum Gasteiger partial charge on any atom is -0.353 e. The van der Waals surface area contributed by atoms with Crippen LogP contribution in [0.4, 0.5) is 0 Å². The molecule has 4 rings (SSSR count). The number of hydrogen-bond acceptors (Lipinski definition) is 3. The largest absolute Gasteiger partial charge is 0.353 e. The van der Waals surface area contributed by atoms with Crippen molar-refractivity contribution in [2.75, 3.05) is 13.1 Å². The van der Waals surface area contributed by atoms with Crippen LogP contribution in [-0.4, -0.2) is 34.9 Å². The maximum absolute atomic E-state index is 12.9. The standard InChI is InChI=1S/C22H27N3O/c1-17-3-2-4-19(15-17)22(9-10-22)21(26)24-20-7-13-25(14-8-20)16-18-5-11-23-12-6-18/h2-6,11-12,15,20H,7-10,13-14,16H2,1H3,(H,24,26). The van der Waals surface area contributed by atoms with Crippen LogP contribution in [0.2, 0.25) is 0 Å². The minimum absolute atomic E-state index is 0.232. The Bertz CT molecular complexity index is 762. The quantitative estimate of drug-likeness (QED) is 0.902. The third-order valence-corrected chi connectivity index (χ3v) is 5.83. The first-order chi connectivity index (χ1) is 12.7. The maximum Gasteiger partial charge on any atom is 0.230 e. The first kappa shape index (κ1) is 17.2. The number of nitrogens with one attached hydrogen (secondary N) is 1. The van der Waals surface area contributed by atoms with Crippen molar-refractivity contribution >= 4 is 5.91 Å². The number of pyridine rings is 1. The van der Waals surface area contributed by atoms with Crippen molar-refractivity contribution in [3.8, 4) is 0 Å². The molecule has 1 aliphatic carbocycles. The zero-order valence-electron chi connectivity index (χ0n) is 15.4. The molecule has 2 aliphatic rings. The Balaban J connectivity index is 1.31. The van der Waals surface area contributed by atoms with E-state index in [1.807, 2.05) is 12.4 Å². The highest BCUT2D eigenvalue weighted by molar-refractivity contribution is 5.91. The Morgan fingerprint density at radius 3 is 2.58 bits per heavy atom. The summed E-state index contributed by atoms with van der Waals surface area (Å²) in [5.74, 6) is 0.232. The van der Waals surface area contributed by atoms with Gasteiger partial charge in [0.05, 0.1) is 5.41 Å². The van der Waals surface area contributed by atoms with Gasteiger partial charge in [-0.15, -0.1) is 0 Å². The summed E-state index contributed by atoms with van der Waals surface area (Å²) < 4.78 is 0. The van der Waals surface area contributed by atoms with Crippen molar-refractivity contribution in [3.63, 3.8) is 0 Å². The molecule has 0 atom stereocenters. The number of benzene rings is 1. The summed E-state index contributed by atoms with van der Waals surface area (Å²) in [6, 6.07) is 12.9. The molecule has 1 amide bonds. The van der Waals surface area contributed by atoms with E-state index in [1.54, 1.807) is 0 Å². The molecule has 4 nitrogen and oxygen atoms in total. The van der Waals surface area contributed by atoms with Gasteiger partial charge in [0.2, 0.25) is 5.91 Å². The topological polar surface area (TPSA) is 45.2 Å². The molecule has 1 aromatic heterocycles. The van der Waals surface area contributed by atoms with Gasteiger partial charge < -0.3 is 5.32 Å². The first-order valence-corrected chi connectivity index (χ1v) is 9.65. The SMILES string of the molecule is Cc1cccc(C2(C(=O)NC3CCN(Cc4ccncc4)CC3)CC2)c1. The third kappa shape index (κ3) is 3.65. The summed E-state index contributed by atoms with van der Waals surface area (Å²) in [6.45, 7) is 5.13. The Labute approximate surface area is 155 Å². The van der Waals surface area contributed by atoms with Crippen molar-refractivity contribution in [2.24, 2.45) is 0 Å². The van der Waals surface area contributed by atoms with Crippen molar-refractivity contribution in [2.45, 2.75) is 50.6 Å². The van der Waals surface area contributed by atoms with Crippen LogP contribution < -0.4 is 5.32 Å². The van der Waals surface area contributed by atoms with Gasteiger partial charge in [0, 0.05) is 38.1 Å². The van der Waals surface area contributed by atoms with Gasteiger partial charge in [0.25, 0.3) is 0 Å². The van der Waals surface area contributed by atoms with E-state index >= 15 is 0 Å². The molecule has 1 N–H and O–H groups in total. The number of amides is 1. The molecule has 0 radical (unpaired) electrons. The molecule has 26 heavy (non-hydrogen) atoms. The second-order valence-corrected chi connectivity index (χ2v) is 7.83. The predicted octanol–water partition coefficient (Wildman–Crippen LogP) is 3.20. The fourth-order valence-corrected chi connectivity index (χ4v) is 4.02. The van der Waals surface area contributed by atoms with E-state index in [0.29, 0.717) is 6.04 Å². The van der Waals surface area contributed by atoms with Gasteiger partial charge in [-0.3, -0.25) is 14.7 Å². The number of carbonyl (C=O) groups is 1. The molecule has 1 aromatic carbocycles. The van der Waals surface area contributed by atoms with E-state index < -0.39 is 0 Å². The number of likely N-dealkylation sites (tertiary alicyclic amines) is 1. The van der Waals surface area contributed by atoms with Gasteiger partial charge in [-0.25, -0.2) is 0 Å². The lowest BCUT2D eigenvalue weighted by molar-refractivity contribution is -0.124. The lowest BCUT2D eigenvalue weighted by Crippen LogP contribution is -2.47. The fourth-order valence-electron chi connectivity index (χ4n) is 4.02. The molecule has 2 heterocycles. The molecule has 4 heteroatoms. The number of aromatic nitrogens is 1. The zero-order chi connectivity index (χ0) is 18.0. The van der Waals surface area contributed by atoms with Gasteiger partial charge in [-0.1, -0.05) is 29.8 Å². The summed E-state index contributed by atoms with van der Waals surface area (Å²) in [4.78, 5) is 19.5. The Morgan fingerprint density at radius 1 is 1.19 bits per heavy atom. The lowest BCUT2D eigenvalue weighted by Gasteiger charge is -2.33. The van der Waals surface area contributed by atoms with E-state index in [2.05, 4.69) is 58.5 Å². The molecule has 0 spiro atoms.